The van der Waals surface area contributed by atoms with Gasteiger partial charge in [0.05, 0.1) is 0 Å². The molecule has 0 bridgehead atoms. The molecule has 1 aromatic heterocycles. The van der Waals surface area contributed by atoms with Gasteiger partial charge in [0.15, 0.2) is 0 Å². The Morgan fingerprint density at radius 3 is 2.39 bits per heavy atom. The SMILES string of the molecule is CCN(CC)CCCN(CC)c1ccnc(F)c1. The molecule has 0 radical (unpaired) electrons. The Hall–Kier alpha value is -1.16. The summed E-state index contributed by atoms with van der Waals surface area (Å²) >= 11 is 0. The van der Waals surface area contributed by atoms with E-state index in [1.165, 1.54) is 12.3 Å². The third-order valence-corrected chi connectivity index (χ3v) is 3.25. The summed E-state index contributed by atoms with van der Waals surface area (Å²) in [6.45, 7) is 11.6. The molecule has 0 N–H and O–H groups in total. The van der Waals surface area contributed by atoms with Crippen molar-refractivity contribution in [3.63, 3.8) is 0 Å². The quantitative estimate of drug-likeness (QED) is 0.664. The zero-order valence-corrected chi connectivity index (χ0v) is 11.7. The van der Waals surface area contributed by atoms with Crippen LogP contribution in [0.25, 0.3) is 0 Å². The van der Waals surface area contributed by atoms with Crippen LogP contribution in [0.3, 0.4) is 0 Å². The molecule has 0 amide bonds. The van der Waals surface area contributed by atoms with Crippen LogP contribution in [0.5, 0.6) is 0 Å². The van der Waals surface area contributed by atoms with Crippen molar-refractivity contribution in [1.29, 1.82) is 0 Å². The molecule has 0 aliphatic heterocycles. The van der Waals surface area contributed by atoms with Crippen LogP contribution in [0.1, 0.15) is 27.2 Å². The number of pyridine rings is 1. The van der Waals surface area contributed by atoms with Crippen molar-refractivity contribution in [3.8, 4) is 0 Å². The van der Waals surface area contributed by atoms with Crippen molar-refractivity contribution in [2.75, 3.05) is 37.6 Å². The molecule has 18 heavy (non-hydrogen) atoms. The molecule has 0 spiro atoms. The van der Waals surface area contributed by atoms with E-state index < -0.39 is 5.95 Å². The summed E-state index contributed by atoms with van der Waals surface area (Å²) in [7, 11) is 0. The average molecular weight is 253 g/mol. The molecule has 102 valence electrons. The fourth-order valence-corrected chi connectivity index (χ4v) is 2.08. The minimum Gasteiger partial charge on any atom is -0.372 e. The highest BCUT2D eigenvalue weighted by molar-refractivity contribution is 5.44. The molecule has 0 aliphatic carbocycles. The van der Waals surface area contributed by atoms with Gasteiger partial charge in [-0.25, -0.2) is 4.98 Å². The third kappa shape index (κ3) is 4.61. The zero-order valence-electron chi connectivity index (χ0n) is 11.7. The van der Waals surface area contributed by atoms with Crippen LogP contribution in [-0.4, -0.2) is 42.6 Å². The van der Waals surface area contributed by atoms with Gasteiger partial charge in [0, 0.05) is 31.0 Å². The predicted octanol–water partition coefficient (Wildman–Crippen LogP) is 2.78. The van der Waals surface area contributed by atoms with E-state index in [2.05, 4.69) is 35.6 Å². The lowest BCUT2D eigenvalue weighted by molar-refractivity contribution is 0.300. The Labute approximate surface area is 110 Å². The Morgan fingerprint density at radius 2 is 1.83 bits per heavy atom. The standard InChI is InChI=1S/C14H24FN3/c1-4-17(5-2)10-7-11-18(6-3)13-8-9-16-14(15)12-13/h8-9,12H,4-7,10-11H2,1-3H3. The summed E-state index contributed by atoms with van der Waals surface area (Å²) in [5.74, 6) is -0.408. The number of hydrogen-bond acceptors (Lipinski definition) is 3. The molecule has 0 saturated heterocycles. The van der Waals surface area contributed by atoms with Crippen molar-refractivity contribution in [1.82, 2.24) is 9.88 Å². The zero-order chi connectivity index (χ0) is 13.4. The van der Waals surface area contributed by atoms with Gasteiger partial charge in [0.1, 0.15) is 0 Å². The van der Waals surface area contributed by atoms with Gasteiger partial charge in [-0.05, 0) is 39.0 Å². The van der Waals surface area contributed by atoms with Gasteiger partial charge in [-0.1, -0.05) is 13.8 Å². The first-order valence-corrected chi connectivity index (χ1v) is 6.80. The minimum absolute atomic E-state index is 0.408. The van der Waals surface area contributed by atoms with E-state index in [0.29, 0.717) is 0 Å². The number of hydrogen-bond donors (Lipinski definition) is 0. The van der Waals surface area contributed by atoms with E-state index in [9.17, 15) is 4.39 Å². The van der Waals surface area contributed by atoms with Crippen LogP contribution < -0.4 is 4.90 Å². The van der Waals surface area contributed by atoms with E-state index in [1.807, 2.05) is 6.07 Å². The molecule has 1 rings (SSSR count). The largest absolute Gasteiger partial charge is 0.372 e. The number of aromatic nitrogens is 1. The van der Waals surface area contributed by atoms with Gasteiger partial charge in [-0.15, -0.1) is 0 Å². The lowest BCUT2D eigenvalue weighted by atomic mass is 10.3. The van der Waals surface area contributed by atoms with Gasteiger partial charge >= 0.3 is 0 Å². The summed E-state index contributed by atoms with van der Waals surface area (Å²) in [6, 6.07) is 3.37. The number of halogens is 1. The lowest BCUT2D eigenvalue weighted by Gasteiger charge is -2.25. The summed E-state index contributed by atoms with van der Waals surface area (Å²) in [5.41, 5.74) is 0.921. The Morgan fingerprint density at radius 1 is 1.11 bits per heavy atom. The predicted molar refractivity (Wildman–Crippen MR) is 74.5 cm³/mol. The molecule has 1 aromatic rings. The molecule has 0 atom stereocenters. The molecular weight excluding hydrogens is 229 g/mol. The average Bonchev–Trinajstić information content (AvgIpc) is 2.39. The van der Waals surface area contributed by atoms with Crippen LogP contribution in [0.4, 0.5) is 10.1 Å². The van der Waals surface area contributed by atoms with Crippen LogP contribution >= 0.6 is 0 Å². The highest BCUT2D eigenvalue weighted by atomic mass is 19.1. The smallest absolute Gasteiger partial charge is 0.214 e. The number of nitrogens with zero attached hydrogens (tertiary/aromatic N) is 3. The van der Waals surface area contributed by atoms with Crippen molar-refractivity contribution in [3.05, 3.63) is 24.3 Å². The van der Waals surface area contributed by atoms with Crippen molar-refractivity contribution in [2.24, 2.45) is 0 Å². The van der Waals surface area contributed by atoms with Gasteiger partial charge in [-0.2, -0.15) is 4.39 Å². The van der Waals surface area contributed by atoms with E-state index in [4.69, 9.17) is 0 Å². The van der Waals surface area contributed by atoms with Gasteiger partial charge < -0.3 is 9.80 Å². The summed E-state index contributed by atoms with van der Waals surface area (Å²) < 4.78 is 13.1. The Bertz CT molecular complexity index is 340. The Kier molecular flexibility index (Phi) is 6.65. The summed E-state index contributed by atoms with van der Waals surface area (Å²) in [4.78, 5) is 8.18. The first-order valence-electron chi connectivity index (χ1n) is 6.80. The monoisotopic (exact) mass is 253 g/mol. The number of rotatable bonds is 8. The summed E-state index contributed by atoms with van der Waals surface area (Å²) in [5, 5.41) is 0. The maximum Gasteiger partial charge on any atom is 0.214 e. The van der Waals surface area contributed by atoms with E-state index >= 15 is 0 Å². The molecule has 1 heterocycles. The normalized spacial score (nSPS) is 10.9. The highest BCUT2D eigenvalue weighted by Crippen LogP contribution is 2.14. The first-order chi connectivity index (χ1) is 8.71. The van der Waals surface area contributed by atoms with Gasteiger partial charge in [0.25, 0.3) is 0 Å². The molecule has 0 unspecified atom stereocenters. The maximum absolute atomic E-state index is 13.1. The van der Waals surface area contributed by atoms with Crippen LogP contribution in [-0.2, 0) is 0 Å². The highest BCUT2D eigenvalue weighted by Gasteiger charge is 2.06. The molecule has 0 aromatic carbocycles. The number of anilines is 1. The van der Waals surface area contributed by atoms with Crippen LogP contribution in [0, 0.1) is 5.95 Å². The first kappa shape index (κ1) is 14.9. The maximum atomic E-state index is 13.1. The van der Waals surface area contributed by atoms with E-state index in [1.54, 1.807) is 0 Å². The fraction of sp³-hybridized carbons (Fsp3) is 0.643. The second-order valence-corrected chi connectivity index (χ2v) is 4.30. The van der Waals surface area contributed by atoms with Gasteiger partial charge in [0.2, 0.25) is 5.95 Å². The second kappa shape index (κ2) is 8.03. The molecule has 0 fully saturated rings. The fourth-order valence-electron chi connectivity index (χ4n) is 2.08. The lowest BCUT2D eigenvalue weighted by Crippen LogP contribution is -2.30. The van der Waals surface area contributed by atoms with Crippen LogP contribution in [0.2, 0.25) is 0 Å². The van der Waals surface area contributed by atoms with Crippen molar-refractivity contribution >= 4 is 5.69 Å². The molecule has 0 saturated carbocycles. The van der Waals surface area contributed by atoms with Gasteiger partial charge in [-0.3, -0.25) is 0 Å². The molecule has 4 heteroatoms. The topological polar surface area (TPSA) is 19.4 Å². The molecule has 0 aliphatic rings. The molecule has 3 nitrogen and oxygen atoms in total. The summed E-state index contributed by atoms with van der Waals surface area (Å²) in [6.07, 6.45) is 2.62. The Balaban J connectivity index is 2.47. The minimum atomic E-state index is -0.408. The third-order valence-electron chi connectivity index (χ3n) is 3.25. The van der Waals surface area contributed by atoms with Crippen molar-refractivity contribution in [2.45, 2.75) is 27.2 Å². The van der Waals surface area contributed by atoms with E-state index in [0.717, 1.165) is 44.8 Å². The molecular formula is C14H24FN3. The second-order valence-electron chi connectivity index (χ2n) is 4.30. The van der Waals surface area contributed by atoms with Crippen LogP contribution in [0.15, 0.2) is 18.3 Å². The van der Waals surface area contributed by atoms with E-state index in [-0.39, 0.29) is 0 Å². The van der Waals surface area contributed by atoms with Crippen molar-refractivity contribution < 1.29 is 4.39 Å².